The third kappa shape index (κ3) is 3.03. The molecule has 0 radical (unpaired) electrons. The van der Waals surface area contributed by atoms with Gasteiger partial charge in [0.05, 0.1) is 9.40 Å². The van der Waals surface area contributed by atoms with Gasteiger partial charge in [0.1, 0.15) is 11.9 Å². The van der Waals surface area contributed by atoms with Gasteiger partial charge in [0.15, 0.2) is 5.75 Å². The van der Waals surface area contributed by atoms with E-state index in [0.29, 0.717) is 6.04 Å². The molecule has 2 rings (SSSR count). The fourth-order valence-corrected chi connectivity index (χ4v) is 2.92. The molecule has 5 nitrogen and oxygen atoms in total. The van der Waals surface area contributed by atoms with Crippen molar-refractivity contribution in [2.45, 2.75) is 39.3 Å². The third-order valence-corrected chi connectivity index (χ3v) is 4.70. The molecular weight excluding hydrogens is 343 g/mol. The maximum atomic E-state index is 13.6. The van der Waals surface area contributed by atoms with Gasteiger partial charge >= 0.3 is 5.69 Å². The van der Waals surface area contributed by atoms with Gasteiger partial charge in [0.2, 0.25) is 0 Å². The van der Waals surface area contributed by atoms with Crippen molar-refractivity contribution >= 4 is 21.6 Å². The van der Waals surface area contributed by atoms with Crippen LogP contribution in [0.2, 0.25) is 0 Å². The summed E-state index contributed by atoms with van der Waals surface area (Å²) < 4.78 is 19.4. The topological polar surface area (TPSA) is 64.4 Å². The molecule has 1 aliphatic rings. The van der Waals surface area contributed by atoms with Crippen LogP contribution in [0.15, 0.2) is 16.6 Å². The van der Waals surface area contributed by atoms with Crippen LogP contribution in [0, 0.1) is 21.3 Å². The Morgan fingerprint density at radius 1 is 1.57 bits per heavy atom. The first-order valence-corrected chi connectivity index (χ1v) is 7.60. The van der Waals surface area contributed by atoms with Gasteiger partial charge in [-0.1, -0.05) is 20.8 Å². The molecule has 0 heterocycles. The fraction of sp³-hybridized carbons (Fsp3) is 0.571. The predicted molar refractivity (Wildman–Crippen MR) is 81.0 cm³/mol. The van der Waals surface area contributed by atoms with E-state index in [4.69, 9.17) is 4.74 Å². The van der Waals surface area contributed by atoms with E-state index in [1.807, 2.05) is 20.8 Å². The van der Waals surface area contributed by atoms with Crippen molar-refractivity contribution < 1.29 is 14.1 Å². The Kier molecular flexibility index (Phi) is 4.53. The monoisotopic (exact) mass is 360 g/mol. The van der Waals surface area contributed by atoms with E-state index in [0.717, 1.165) is 25.1 Å². The number of hydrogen-bond acceptors (Lipinski definition) is 4. The number of nitrogens with one attached hydrogen (secondary N) is 1. The van der Waals surface area contributed by atoms with Crippen molar-refractivity contribution in [1.82, 2.24) is 5.32 Å². The van der Waals surface area contributed by atoms with Crippen LogP contribution in [-0.4, -0.2) is 23.6 Å². The highest BCUT2D eigenvalue weighted by Gasteiger charge is 2.50. The minimum Gasteiger partial charge on any atom is -0.483 e. The van der Waals surface area contributed by atoms with Crippen LogP contribution >= 0.6 is 15.9 Å². The van der Waals surface area contributed by atoms with E-state index in [2.05, 4.69) is 21.2 Å². The highest BCUT2D eigenvalue weighted by molar-refractivity contribution is 9.10. The second-order valence-corrected chi connectivity index (χ2v) is 6.62. The second kappa shape index (κ2) is 5.88. The van der Waals surface area contributed by atoms with Gasteiger partial charge in [-0.25, -0.2) is 4.39 Å². The number of rotatable bonds is 5. The average molecular weight is 361 g/mol. The fourth-order valence-electron chi connectivity index (χ4n) is 2.59. The zero-order chi connectivity index (χ0) is 15.8. The summed E-state index contributed by atoms with van der Waals surface area (Å²) in [6, 6.07) is 2.50. The largest absolute Gasteiger partial charge is 0.483 e. The molecule has 21 heavy (non-hydrogen) atoms. The number of nitrogens with zero attached hydrogens (tertiary/aromatic N) is 1. The first-order valence-electron chi connectivity index (χ1n) is 6.80. The van der Waals surface area contributed by atoms with Crippen molar-refractivity contribution in [3.63, 3.8) is 0 Å². The lowest BCUT2D eigenvalue weighted by Gasteiger charge is -2.51. The number of ether oxygens (including phenoxy) is 1. The minimum atomic E-state index is -0.573. The lowest BCUT2D eigenvalue weighted by molar-refractivity contribution is -0.386. The number of benzene rings is 1. The smallest absolute Gasteiger partial charge is 0.312 e. The lowest BCUT2D eigenvalue weighted by atomic mass is 9.64. The van der Waals surface area contributed by atoms with Gasteiger partial charge in [0.25, 0.3) is 0 Å². The van der Waals surface area contributed by atoms with Crippen LogP contribution < -0.4 is 10.1 Å². The summed E-state index contributed by atoms with van der Waals surface area (Å²) in [7, 11) is 0. The zero-order valence-electron chi connectivity index (χ0n) is 12.2. The summed E-state index contributed by atoms with van der Waals surface area (Å²) in [6.45, 7) is 6.96. The molecule has 0 amide bonds. The Bertz CT molecular complexity index is 565. The molecule has 7 heteroatoms. The molecule has 1 fully saturated rings. The summed E-state index contributed by atoms with van der Waals surface area (Å²) in [5, 5.41) is 14.4. The van der Waals surface area contributed by atoms with Gasteiger partial charge in [-0.05, 0) is 22.5 Å². The Morgan fingerprint density at radius 2 is 2.24 bits per heavy atom. The van der Waals surface area contributed by atoms with E-state index in [1.165, 1.54) is 0 Å². The first-order chi connectivity index (χ1) is 9.77. The molecule has 0 bridgehead atoms. The molecule has 0 aliphatic heterocycles. The standard InChI is InChI=1S/C14H18BrFN2O3/c1-4-17-12-7-13(14(12,2)3)21-11-6-9(16)8(15)5-10(11)18(19)20/h5-6,12-13,17H,4,7H2,1-3H3. The van der Waals surface area contributed by atoms with Gasteiger partial charge < -0.3 is 10.1 Å². The molecule has 1 aromatic rings. The summed E-state index contributed by atoms with van der Waals surface area (Å²) >= 11 is 2.95. The maximum Gasteiger partial charge on any atom is 0.312 e. The molecule has 0 spiro atoms. The summed E-state index contributed by atoms with van der Waals surface area (Å²) in [5.74, 6) is -0.593. The quantitative estimate of drug-likeness (QED) is 0.642. The SMILES string of the molecule is CCNC1CC(Oc2cc(F)c(Br)cc2[N+](=O)[O-])C1(C)C. The first kappa shape index (κ1) is 16.2. The van der Waals surface area contributed by atoms with Crippen molar-refractivity contribution in [1.29, 1.82) is 0 Å². The molecule has 0 saturated heterocycles. The van der Waals surface area contributed by atoms with E-state index in [9.17, 15) is 14.5 Å². The van der Waals surface area contributed by atoms with Gasteiger partial charge in [-0.3, -0.25) is 10.1 Å². The van der Waals surface area contributed by atoms with Crippen LogP contribution in [0.25, 0.3) is 0 Å². The molecule has 2 unspecified atom stereocenters. The van der Waals surface area contributed by atoms with Crippen molar-refractivity contribution in [3.05, 3.63) is 32.5 Å². The van der Waals surface area contributed by atoms with E-state index >= 15 is 0 Å². The molecule has 116 valence electrons. The van der Waals surface area contributed by atoms with Crippen LogP contribution in [0.3, 0.4) is 0 Å². The van der Waals surface area contributed by atoms with E-state index in [-0.39, 0.29) is 27.4 Å². The number of nitro benzene ring substituents is 1. The molecule has 1 saturated carbocycles. The lowest BCUT2D eigenvalue weighted by Crippen LogP contribution is -2.62. The van der Waals surface area contributed by atoms with E-state index < -0.39 is 10.7 Å². The van der Waals surface area contributed by atoms with Crippen molar-refractivity contribution in [2.75, 3.05) is 6.54 Å². The van der Waals surface area contributed by atoms with Gasteiger partial charge in [-0.2, -0.15) is 0 Å². The van der Waals surface area contributed by atoms with Crippen LogP contribution in [0.1, 0.15) is 27.2 Å². The molecule has 1 aliphatic carbocycles. The minimum absolute atomic E-state index is 0.0197. The zero-order valence-corrected chi connectivity index (χ0v) is 13.7. The summed E-state index contributed by atoms with van der Waals surface area (Å²) in [5.41, 5.74) is -0.390. The van der Waals surface area contributed by atoms with Gasteiger partial charge in [0, 0.05) is 30.0 Å². The molecule has 1 N–H and O–H groups in total. The maximum absolute atomic E-state index is 13.6. The second-order valence-electron chi connectivity index (χ2n) is 5.76. The van der Waals surface area contributed by atoms with Crippen molar-refractivity contribution in [3.8, 4) is 5.75 Å². The molecule has 1 aromatic carbocycles. The summed E-state index contributed by atoms with van der Waals surface area (Å²) in [6.07, 6.45) is 0.566. The number of nitro groups is 1. The molecule has 0 aromatic heterocycles. The van der Waals surface area contributed by atoms with Gasteiger partial charge in [-0.15, -0.1) is 0 Å². The molecule has 2 atom stereocenters. The normalized spacial score (nSPS) is 23.5. The van der Waals surface area contributed by atoms with E-state index in [1.54, 1.807) is 0 Å². The highest BCUT2D eigenvalue weighted by Crippen LogP contribution is 2.45. The van der Waals surface area contributed by atoms with Crippen LogP contribution in [-0.2, 0) is 0 Å². The Hall–Kier alpha value is -1.21. The number of halogens is 2. The Labute approximate surface area is 131 Å². The average Bonchev–Trinajstić information content (AvgIpc) is 2.41. The van der Waals surface area contributed by atoms with Crippen LogP contribution in [0.5, 0.6) is 5.75 Å². The highest BCUT2D eigenvalue weighted by atomic mass is 79.9. The Balaban J connectivity index is 2.21. The predicted octanol–water partition coefficient (Wildman–Crippen LogP) is 3.65. The summed E-state index contributed by atoms with van der Waals surface area (Å²) in [4.78, 5) is 10.5. The molecular formula is C14H18BrFN2O3. The Morgan fingerprint density at radius 3 is 2.76 bits per heavy atom. The number of hydrogen-bond donors (Lipinski definition) is 1. The van der Waals surface area contributed by atoms with Crippen molar-refractivity contribution in [2.24, 2.45) is 5.41 Å². The van der Waals surface area contributed by atoms with Crippen LogP contribution in [0.4, 0.5) is 10.1 Å². The third-order valence-electron chi connectivity index (χ3n) is 4.10.